The van der Waals surface area contributed by atoms with Crippen molar-refractivity contribution in [3.05, 3.63) is 105 Å². The van der Waals surface area contributed by atoms with E-state index in [0.717, 1.165) is 0 Å². The largest absolute Gasteiger partial charge is 0.325 e. The highest BCUT2D eigenvalue weighted by Crippen LogP contribution is 2.32. The maximum atomic E-state index is 13.4. The zero-order valence-electron chi connectivity index (χ0n) is 18.4. The second-order valence-electron chi connectivity index (χ2n) is 8.11. The first-order valence-electron chi connectivity index (χ1n) is 10.9. The smallest absolute Gasteiger partial charge is 0.228 e. The van der Waals surface area contributed by atoms with E-state index in [0.29, 0.717) is 49.9 Å². The third-order valence-electron chi connectivity index (χ3n) is 5.84. The summed E-state index contributed by atoms with van der Waals surface area (Å²) in [5, 5.41) is 6.45. The summed E-state index contributed by atoms with van der Waals surface area (Å²) >= 11 is 15.8. The zero-order valence-corrected chi connectivity index (χ0v) is 21.5. The molecule has 0 saturated heterocycles. The number of para-hydroxylation sites is 1. The molecule has 8 heteroatoms. The van der Waals surface area contributed by atoms with Crippen LogP contribution in [0.25, 0.3) is 0 Å². The number of benzene rings is 3. The summed E-state index contributed by atoms with van der Waals surface area (Å²) < 4.78 is 0.684. The SMILES string of the molecule is O=C(c1ccccc1Cl)c1cc(Br)ccc1NC(=O)C1CC=CCC1C(=O)Nc1ccccc1Cl. The first-order chi connectivity index (χ1) is 16.8. The third-order valence-corrected chi connectivity index (χ3v) is 6.99. The van der Waals surface area contributed by atoms with Crippen LogP contribution >= 0.6 is 39.1 Å². The Morgan fingerprint density at radius 3 is 1.91 bits per heavy atom. The second kappa shape index (κ2) is 11.2. The Morgan fingerprint density at radius 1 is 0.714 bits per heavy atom. The maximum Gasteiger partial charge on any atom is 0.228 e. The molecular weight excluding hydrogens is 551 g/mol. The molecule has 3 aromatic rings. The molecule has 0 heterocycles. The lowest BCUT2D eigenvalue weighted by Gasteiger charge is -2.27. The van der Waals surface area contributed by atoms with Gasteiger partial charge in [-0.3, -0.25) is 14.4 Å². The molecule has 2 atom stereocenters. The second-order valence-corrected chi connectivity index (χ2v) is 9.84. The summed E-state index contributed by atoms with van der Waals surface area (Å²) in [7, 11) is 0. The molecule has 2 amide bonds. The fourth-order valence-electron chi connectivity index (χ4n) is 4.01. The highest BCUT2D eigenvalue weighted by atomic mass is 79.9. The number of amides is 2. The van der Waals surface area contributed by atoms with Crippen LogP contribution in [0.4, 0.5) is 11.4 Å². The van der Waals surface area contributed by atoms with Crippen LogP contribution in [-0.2, 0) is 9.59 Å². The van der Waals surface area contributed by atoms with Gasteiger partial charge in [0, 0.05) is 15.6 Å². The molecule has 35 heavy (non-hydrogen) atoms. The van der Waals surface area contributed by atoms with Crippen molar-refractivity contribution in [2.24, 2.45) is 11.8 Å². The lowest BCUT2D eigenvalue weighted by Crippen LogP contribution is -2.37. The molecule has 0 spiro atoms. The Labute approximate surface area is 221 Å². The Bertz CT molecular complexity index is 1330. The summed E-state index contributed by atoms with van der Waals surface area (Å²) in [6.45, 7) is 0. The maximum absolute atomic E-state index is 13.4. The molecule has 0 aliphatic heterocycles. The number of hydrogen-bond acceptors (Lipinski definition) is 3. The number of hydrogen-bond donors (Lipinski definition) is 2. The van der Waals surface area contributed by atoms with E-state index in [1.807, 2.05) is 12.2 Å². The molecule has 1 aliphatic rings. The van der Waals surface area contributed by atoms with E-state index in [9.17, 15) is 14.4 Å². The van der Waals surface area contributed by atoms with Crippen LogP contribution in [0.1, 0.15) is 28.8 Å². The Hall–Kier alpha value is -2.93. The van der Waals surface area contributed by atoms with Crippen molar-refractivity contribution in [1.29, 1.82) is 0 Å². The number of anilines is 2. The normalized spacial score (nSPS) is 17.0. The molecular formula is C27H21BrCl2N2O3. The van der Waals surface area contributed by atoms with Crippen molar-refractivity contribution in [1.82, 2.24) is 0 Å². The van der Waals surface area contributed by atoms with Crippen molar-refractivity contribution in [3.8, 4) is 0 Å². The summed E-state index contributed by atoms with van der Waals surface area (Å²) in [4.78, 5) is 39.7. The number of allylic oxidation sites excluding steroid dienone is 2. The number of rotatable bonds is 6. The summed E-state index contributed by atoms with van der Waals surface area (Å²) in [6, 6.07) is 18.7. The average molecular weight is 572 g/mol. The van der Waals surface area contributed by atoms with Crippen molar-refractivity contribution in [2.75, 3.05) is 10.6 Å². The van der Waals surface area contributed by atoms with Gasteiger partial charge in [-0.2, -0.15) is 0 Å². The molecule has 0 fully saturated rings. The molecule has 178 valence electrons. The lowest BCUT2D eigenvalue weighted by molar-refractivity contribution is -0.129. The van der Waals surface area contributed by atoms with Crippen LogP contribution in [0.2, 0.25) is 10.0 Å². The number of nitrogens with one attached hydrogen (secondary N) is 2. The van der Waals surface area contributed by atoms with E-state index >= 15 is 0 Å². The third kappa shape index (κ3) is 5.84. The monoisotopic (exact) mass is 570 g/mol. The molecule has 5 nitrogen and oxygen atoms in total. The van der Waals surface area contributed by atoms with Gasteiger partial charge >= 0.3 is 0 Å². The number of carbonyl (C=O) groups excluding carboxylic acids is 3. The molecule has 0 radical (unpaired) electrons. The van der Waals surface area contributed by atoms with Crippen LogP contribution in [0.15, 0.2) is 83.4 Å². The minimum Gasteiger partial charge on any atom is -0.325 e. The van der Waals surface area contributed by atoms with E-state index in [-0.39, 0.29) is 17.6 Å². The summed E-state index contributed by atoms with van der Waals surface area (Å²) in [5.74, 6) is -2.15. The van der Waals surface area contributed by atoms with Crippen molar-refractivity contribution < 1.29 is 14.4 Å². The molecule has 4 rings (SSSR count). The molecule has 0 saturated carbocycles. The van der Waals surface area contributed by atoms with Crippen molar-refractivity contribution >= 4 is 68.1 Å². The van der Waals surface area contributed by atoms with Gasteiger partial charge in [0.2, 0.25) is 11.8 Å². The molecule has 1 aliphatic carbocycles. The molecule has 2 unspecified atom stereocenters. The van der Waals surface area contributed by atoms with Gasteiger partial charge in [-0.05, 0) is 55.3 Å². The Morgan fingerprint density at radius 2 is 1.29 bits per heavy atom. The van der Waals surface area contributed by atoms with Crippen LogP contribution < -0.4 is 10.6 Å². The highest BCUT2D eigenvalue weighted by Gasteiger charge is 2.35. The van der Waals surface area contributed by atoms with Crippen LogP contribution in [-0.4, -0.2) is 17.6 Å². The molecule has 0 aromatic heterocycles. The predicted molar refractivity (Wildman–Crippen MR) is 143 cm³/mol. The average Bonchev–Trinajstić information content (AvgIpc) is 2.86. The van der Waals surface area contributed by atoms with Gasteiger partial charge in [0.15, 0.2) is 5.78 Å². The molecule has 0 bridgehead atoms. The zero-order chi connectivity index (χ0) is 24.9. The summed E-state index contributed by atoms with van der Waals surface area (Å²) in [6.07, 6.45) is 4.60. The van der Waals surface area contributed by atoms with Gasteiger partial charge in [-0.25, -0.2) is 0 Å². The predicted octanol–water partition coefficient (Wildman–Crippen LogP) is 7.15. The first kappa shape index (κ1) is 25.2. The highest BCUT2D eigenvalue weighted by molar-refractivity contribution is 9.10. The number of halogens is 3. The fourth-order valence-corrected chi connectivity index (χ4v) is 4.78. The standard InChI is InChI=1S/C27H21BrCl2N2O3/c28-16-13-14-23(20(15-16)25(33)19-9-3-4-10-21(19)29)31-26(34)17-7-1-2-8-18(17)27(35)32-24-12-6-5-11-22(24)30/h1-6,9-15,17-18H,7-8H2,(H,31,34)(H,32,35). The van der Waals surface area contributed by atoms with E-state index < -0.39 is 11.8 Å². The van der Waals surface area contributed by atoms with E-state index in [1.165, 1.54) is 0 Å². The van der Waals surface area contributed by atoms with Gasteiger partial charge in [0.05, 0.1) is 33.3 Å². The van der Waals surface area contributed by atoms with Gasteiger partial charge in [-0.15, -0.1) is 0 Å². The number of carbonyl (C=O) groups is 3. The Balaban J connectivity index is 1.57. The van der Waals surface area contributed by atoms with Crippen molar-refractivity contribution in [3.63, 3.8) is 0 Å². The molecule has 3 aromatic carbocycles. The fraction of sp³-hybridized carbons (Fsp3) is 0.148. The number of ketones is 1. The van der Waals surface area contributed by atoms with E-state index in [4.69, 9.17) is 23.2 Å². The van der Waals surface area contributed by atoms with E-state index in [2.05, 4.69) is 26.6 Å². The van der Waals surface area contributed by atoms with Crippen molar-refractivity contribution in [2.45, 2.75) is 12.8 Å². The quantitative estimate of drug-likeness (QED) is 0.244. The van der Waals surface area contributed by atoms with E-state index in [1.54, 1.807) is 66.7 Å². The summed E-state index contributed by atoms with van der Waals surface area (Å²) in [5.41, 5.74) is 1.47. The Kier molecular flexibility index (Phi) is 8.06. The minimum absolute atomic E-state index is 0.286. The molecule has 2 N–H and O–H groups in total. The van der Waals surface area contributed by atoms with Gasteiger partial charge in [0.1, 0.15) is 0 Å². The lowest BCUT2D eigenvalue weighted by atomic mass is 9.81. The van der Waals surface area contributed by atoms with Crippen LogP contribution in [0.5, 0.6) is 0 Å². The minimum atomic E-state index is -0.616. The van der Waals surface area contributed by atoms with Gasteiger partial charge in [-0.1, -0.05) is 75.5 Å². The van der Waals surface area contributed by atoms with Gasteiger partial charge < -0.3 is 10.6 Å². The van der Waals surface area contributed by atoms with Crippen LogP contribution in [0.3, 0.4) is 0 Å². The topological polar surface area (TPSA) is 75.3 Å². The first-order valence-corrected chi connectivity index (χ1v) is 12.5. The van der Waals surface area contributed by atoms with Gasteiger partial charge in [0.25, 0.3) is 0 Å². The van der Waals surface area contributed by atoms with Crippen LogP contribution in [0, 0.1) is 11.8 Å².